The molecule has 0 heterocycles. The normalized spacial score (nSPS) is 12.4. The number of aliphatic hydroxyl groups excluding tert-OH is 1. The quantitative estimate of drug-likeness (QED) is 0.561. The molecule has 0 aliphatic carbocycles. The second-order valence-corrected chi connectivity index (χ2v) is 4.46. The third-order valence-electron chi connectivity index (χ3n) is 3.09. The second kappa shape index (κ2) is 7.81. The van der Waals surface area contributed by atoms with Crippen LogP contribution in [-0.4, -0.2) is 23.2 Å². The van der Waals surface area contributed by atoms with Crippen molar-refractivity contribution in [1.82, 2.24) is 5.32 Å². The molecular weight excluding hydrogens is 251 g/mol. The zero-order valence-electron chi connectivity index (χ0n) is 10.9. The van der Waals surface area contributed by atoms with Gasteiger partial charge in [0.15, 0.2) is 0 Å². The molecule has 6 heteroatoms. The molecule has 0 bridgehead atoms. The van der Waals surface area contributed by atoms with Gasteiger partial charge in [-0.2, -0.15) is 4.39 Å². The van der Waals surface area contributed by atoms with Crippen LogP contribution in [0.1, 0.15) is 25.3 Å². The Hall–Kier alpha value is -1.53. The summed E-state index contributed by atoms with van der Waals surface area (Å²) < 4.78 is 13.4. The Labute approximate surface area is 111 Å². The molecule has 0 saturated carbocycles. The highest BCUT2D eigenvalue weighted by molar-refractivity contribution is 5.34. The van der Waals surface area contributed by atoms with Crippen LogP contribution >= 0.6 is 0 Å². The highest BCUT2D eigenvalue weighted by Gasteiger charge is 2.13. The molecule has 1 rings (SSSR count). The lowest BCUT2D eigenvalue weighted by Crippen LogP contribution is -2.23. The van der Waals surface area contributed by atoms with Gasteiger partial charge >= 0.3 is 5.69 Å². The lowest BCUT2D eigenvalue weighted by atomic mass is 10.0. The predicted octanol–water partition coefficient (Wildman–Crippen LogP) is 2.23. The standard InChI is InChI=1S/C13H19FN2O3/c1-2-10(5-6-17)8-15-9-11-3-4-13(16(18)19)12(14)7-11/h3-4,7,10,15,17H,2,5-6,8-9H2,1H3. The number of nitrogens with one attached hydrogen (secondary N) is 1. The van der Waals surface area contributed by atoms with Crippen molar-refractivity contribution in [2.24, 2.45) is 5.92 Å². The van der Waals surface area contributed by atoms with E-state index in [0.717, 1.165) is 19.4 Å². The Kier molecular flexibility index (Phi) is 6.38. The summed E-state index contributed by atoms with van der Waals surface area (Å²) in [4.78, 5) is 9.74. The highest BCUT2D eigenvalue weighted by Crippen LogP contribution is 2.18. The minimum absolute atomic E-state index is 0.159. The second-order valence-electron chi connectivity index (χ2n) is 4.46. The molecule has 19 heavy (non-hydrogen) atoms. The predicted molar refractivity (Wildman–Crippen MR) is 70.2 cm³/mol. The van der Waals surface area contributed by atoms with Crippen molar-refractivity contribution in [2.75, 3.05) is 13.2 Å². The Bertz CT molecular complexity index is 426. The van der Waals surface area contributed by atoms with Crippen molar-refractivity contribution in [3.8, 4) is 0 Å². The van der Waals surface area contributed by atoms with E-state index < -0.39 is 16.4 Å². The molecular formula is C13H19FN2O3. The van der Waals surface area contributed by atoms with Crippen LogP contribution in [0.3, 0.4) is 0 Å². The fourth-order valence-electron chi connectivity index (χ4n) is 1.86. The van der Waals surface area contributed by atoms with Gasteiger partial charge in [0, 0.05) is 19.2 Å². The van der Waals surface area contributed by atoms with E-state index in [9.17, 15) is 14.5 Å². The number of nitro benzene ring substituents is 1. The van der Waals surface area contributed by atoms with Gasteiger partial charge in [0.1, 0.15) is 0 Å². The molecule has 0 radical (unpaired) electrons. The van der Waals surface area contributed by atoms with Gasteiger partial charge in [-0.25, -0.2) is 0 Å². The largest absolute Gasteiger partial charge is 0.396 e. The maximum atomic E-state index is 13.4. The van der Waals surface area contributed by atoms with E-state index in [4.69, 9.17) is 5.11 Å². The third kappa shape index (κ3) is 4.92. The van der Waals surface area contributed by atoms with Gasteiger partial charge in [-0.05, 0) is 30.5 Å². The number of nitrogens with zero attached hydrogens (tertiary/aromatic N) is 1. The zero-order valence-corrected chi connectivity index (χ0v) is 10.9. The first kappa shape index (κ1) is 15.5. The number of hydrogen-bond acceptors (Lipinski definition) is 4. The molecule has 0 saturated heterocycles. The van der Waals surface area contributed by atoms with Crippen LogP contribution in [0.5, 0.6) is 0 Å². The lowest BCUT2D eigenvalue weighted by molar-refractivity contribution is -0.387. The summed E-state index contributed by atoms with van der Waals surface area (Å²) in [6.45, 7) is 3.40. The van der Waals surface area contributed by atoms with Gasteiger partial charge in [0.05, 0.1) is 4.92 Å². The molecule has 1 unspecified atom stereocenters. The fourth-order valence-corrected chi connectivity index (χ4v) is 1.86. The summed E-state index contributed by atoms with van der Waals surface area (Å²) >= 11 is 0. The molecule has 0 aromatic heterocycles. The average Bonchev–Trinajstić information content (AvgIpc) is 2.37. The Morgan fingerprint density at radius 2 is 2.26 bits per heavy atom. The fraction of sp³-hybridized carbons (Fsp3) is 0.538. The number of rotatable bonds is 8. The van der Waals surface area contributed by atoms with Crippen LogP contribution in [-0.2, 0) is 6.54 Å². The van der Waals surface area contributed by atoms with Crippen molar-refractivity contribution < 1.29 is 14.4 Å². The van der Waals surface area contributed by atoms with Crippen LogP contribution in [0, 0.1) is 21.8 Å². The molecule has 1 aromatic carbocycles. The van der Waals surface area contributed by atoms with E-state index in [1.807, 2.05) is 6.92 Å². The van der Waals surface area contributed by atoms with Crippen molar-refractivity contribution in [3.63, 3.8) is 0 Å². The zero-order chi connectivity index (χ0) is 14.3. The maximum Gasteiger partial charge on any atom is 0.304 e. The summed E-state index contributed by atoms with van der Waals surface area (Å²) in [7, 11) is 0. The van der Waals surface area contributed by atoms with Gasteiger partial charge in [-0.1, -0.05) is 19.4 Å². The number of hydrogen-bond donors (Lipinski definition) is 2. The topological polar surface area (TPSA) is 75.4 Å². The molecule has 0 aliphatic rings. The summed E-state index contributed by atoms with van der Waals surface area (Å²) in [6.07, 6.45) is 1.69. The van der Waals surface area contributed by atoms with Gasteiger partial charge in [-0.15, -0.1) is 0 Å². The van der Waals surface area contributed by atoms with E-state index in [2.05, 4.69) is 5.32 Å². The van der Waals surface area contributed by atoms with Crippen LogP contribution < -0.4 is 5.32 Å². The Morgan fingerprint density at radius 1 is 1.53 bits per heavy atom. The van der Waals surface area contributed by atoms with Crippen molar-refractivity contribution in [1.29, 1.82) is 0 Å². The van der Waals surface area contributed by atoms with Crippen molar-refractivity contribution >= 4 is 5.69 Å². The minimum atomic E-state index is -0.813. The van der Waals surface area contributed by atoms with Crippen LogP contribution in [0.15, 0.2) is 18.2 Å². The highest BCUT2D eigenvalue weighted by atomic mass is 19.1. The van der Waals surface area contributed by atoms with E-state index in [1.165, 1.54) is 12.1 Å². The Morgan fingerprint density at radius 3 is 2.79 bits per heavy atom. The van der Waals surface area contributed by atoms with Gasteiger partial charge in [0.25, 0.3) is 0 Å². The number of benzene rings is 1. The number of aliphatic hydroxyl groups is 1. The van der Waals surface area contributed by atoms with E-state index >= 15 is 0 Å². The summed E-state index contributed by atoms with van der Waals surface area (Å²) in [5.41, 5.74) is 0.164. The third-order valence-corrected chi connectivity index (χ3v) is 3.09. The first-order chi connectivity index (χ1) is 9.08. The van der Waals surface area contributed by atoms with Gasteiger partial charge in [-0.3, -0.25) is 10.1 Å². The minimum Gasteiger partial charge on any atom is -0.396 e. The molecule has 2 N–H and O–H groups in total. The number of halogens is 1. The van der Waals surface area contributed by atoms with Crippen LogP contribution in [0.2, 0.25) is 0 Å². The molecule has 0 aliphatic heterocycles. The summed E-state index contributed by atoms with van der Waals surface area (Å²) in [6, 6.07) is 3.90. The average molecular weight is 270 g/mol. The molecule has 1 aromatic rings. The molecule has 106 valence electrons. The van der Waals surface area contributed by atoms with E-state index in [-0.39, 0.29) is 6.61 Å². The maximum absolute atomic E-state index is 13.4. The summed E-state index contributed by atoms with van der Waals surface area (Å²) in [5, 5.41) is 22.5. The molecule has 5 nitrogen and oxygen atoms in total. The SMILES string of the molecule is CCC(CCO)CNCc1ccc([N+](=O)[O-])c(F)c1. The Balaban J connectivity index is 2.50. The molecule has 0 fully saturated rings. The van der Waals surface area contributed by atoms with Gasteiger partial charge < -0.3 is 10.4 Å². The van der Waals surface area contributed by atoms with Crippen molar-refractivity contribution in [2.45, 2.75) is 26.3 Å². The molecule has 0 amide bonds. The summed E-state index contributed by atoms with van der Waals surface area (Å²) in [5.74, 6) is -0.431. The first-order valence-corrected chi connectivity index (χ1v) is 6.32. The lowest BCUT2D eigenvalue weighted by Gasteiger charge is -2.14. The molecule has 0 spiro atoms. The monoisotopic (exact) mass is 270 g/mol. The number of nitro groups is 1. The van der Waals surface area contributed by atoms with Crippen LogP contribution in [0.4, 0.5) is 10.1 Å². The van der Waals surface area contributed by atoms with E-state index in [1.54, 1.807) is 6.07 Å². The smallest absolute Gasteiger partial charge is 0.304 e. The van der Waals surface area contributed by atoms with Gasteiger partial charge in [0.2, 0.25) is 5.82 Å². The van der Waals surface area contributed by atoms with Crippen LogP contribution in [0.25, 0.3) is 0 Å². The first-order valence-electron chi connectivity index (χ1n) is 6.32. The van der Waals surface area contributed by atoms with E-state index in [0.29, 0.717) is 18.0 Å². The molecule has 1 atom stereocenters. The van der Waals surface area contributed by atoms with Crippen molar-refractivity contribution in [3.05, 3.63) is 39.7 Å².